The van der Waals surface area contributed by atoms with Gasteiger partial charge in [0.2, 0.25) is 5.91 Å². The summed E-state index contributed by atoms with van der Waals surface area (Å²) < 4.78 is 0. The van der Waals surface area contributed by atoms with E-state index in [0.717, 1.165) is 16.8 Å². The molecule has 2 amide bonds. The summed E-state index contributed by atoms with van der Waals surface area (Å²) in [5, 5.41) is 20.5. The first-order valence-electron chi connectivity index (χ1n) is 8.94. The Morgan fingerprint density at radius 1 is 1.17 bits per heavy atom. The van der Waals surface area contributed by atoms with E-state index in [9.17, 15) is 14.4 Å². The molecule has 8 N–H and O–H groups in total. The van der Waals surface area contributed by atoms with Crippen molar-refractivity contribution in [3.8, 4) is 5.75 Å². The quantitative estimate of drug-likeness (QED) is 0.245. The Hall–Kier alpha value is -3.43. The van der Waals surface area contributed by atoms with Gasteiger partial charge in [0.25, 0.3) is 5.91 Å². The molecule has 154 valence electrons. The summed E-state index contributed by atoms with van der Waals surface area (Å²) >= 11 is 0. The van der Waals surface area contributed by atoms with Gasteiger partial charge < -0.3 is 21.3 Å². The summed E-state index contributed by atoms with van der Waals surface area (Å²) in [6.07, 6.45) is 0.650. The van der Waals surface area contributed by atoms with Crippen molar-refractivity contribution in [3.05, 3.63) is 59.7 Å². The minimum atomic E-state index is -0.871. The van der Waals surface area contributed by atoms with Gasteiger partial charge in [-0.25, -0.2) is 5.84 Å². The lowest BCUT2D eigenvalue weighted by molar-refractivity contribution is -0.137. The summed E-state index contributed by atoms with van der Waals surface area (Å²) in [5.74, 6) is 3.53. The number of hydrazine groups is 1. The minimum absolute atomic E-state index is 0.00440. The number of nitrogens with two attached hydrogens (primary N) is 2. The van der Waals surface area contributed by atoms with E-state index >= 15 is 0 Å². The molecule has 0 fully saturated rings. The van der Waals surface area contributed by atoms with Gasteiger partial charge in [0.15, 0.2) is 0 Å². The number of fused-ring (bicyclic) bond motifs is 1. The summed E-state index contributed by atoms with van der Waals surface area (Å²) in [6.45, 7) is 0. The minimum Gasteiger partial charge on any atom is -0.508 e. The van der Waals surface area contributed by atoms with Crippen molar-refractivity contribution in [3.63, 3.8) is 0 Å². The molecular formula is C20H24N4O5. The Balaban J connectivity index is 0.000000208. The van der Waals surface area contributed by atoms with Gasteiger partial charge in [0.05, 0.1) is 12.5 Å². The summed E-state index contributed by atoms with van der Waals surface area (Å²) in [4.78, 5) is 32.9. The topological polar surface area (TPSA) is 168 Å². The zero-order valence-electron chi connectivity index (χ0n) is 15.7. The molecule has 1 aliphatic heterocycles. The average molecular weight is 400 g/mol. The van der Waals surface area contributed by atoms with Gasteiger partial charge in [0, 0.05) is 18.0 Å². The number of nitrogens with one attached hydrogen (secondary N) is 2. The zero-order chi connectivity index (χ0) is 21.4. The van der Waals surface area contributed by atoms with Crippen LogP contribution in [0.15, 0.2) is 48.5 Å². The standard InChI is InChI=1S/C11H11NO3.C9H13N3O2/c13-10-5-7(6-11(14)15)8-3-1-2-4-9(8)12-10;10-8(9(14)12-11)5-6-1-3-7(13)4-2-6/h1-4,7H,5-6H2,(H,12,13)(H,14,15);1-4,8,13H,5,10-11H2,(H,12,14)/t;8-/m.0/s1. The summed E-state index contributed by atoms with van der Waals surface area (Å²) in [5.41, 5.74) is 10.1. The van der Waals surface area contributed by atoms with Gasteiger partial charge in [0.1, 0.15) is 5.75 Å². The molecule has 0 saturated carbocycles. The summed E-state index contributed by atoms with van der Waals surface area (Å²) in [6, 6.07) is 13.2. The Labute approximate surface area is 167 Å². The Morgan fingerprint density at radius 2 is 1.83 bits per heavy atom. The molecule has 0 aromatic heterocycles. The molecule has 29 heavy (non-hydrogen) atoms. The highest BCUT2D eigenvalue weighted by Gasteiger charge is 2.26. The molecule has 0 spiro atoms. The zero-order valence-corrected chi connectivity index (χ0v) is 15.7. The number of phenolic OH excluding ortho intramolecular Hbond substituents is 1. The third-order valence-corrected chi connectivity index (χ3v) is 4.40. The number of carbonyl (C=O) groups excluding carboxylic acids is 2. The van der Waals surface area contributed by atoms with Crippen molar-refractivity contribution in [2.45, 2.75) is 31.2 Å². The predicted molar refractivity (Wildman–Crippen MR) is 107 cm³/mol. The van der Waals surface area contributed by atoms with Crippen molar-refractivity contribution in [1.29, 1.82) is 0 Å². The van der Waals surface area contributed by atoms with Crippen LogP contribution in [0.25, 0.3) is 0 Å². The van der Waals surface area contributed by atoms with Gasteiger partial charge >= 0.3 is 5.97 Å². The van der Waals surface area contributed by atoms with Crippen molar-refractivity contribution in [2.75, 3.05) is 5.32 Å². The van der Waals surface area contributed by atoms with Crippen LogP contribution in [-0.2, 0) is 20.8 Å². The van der Waals surface area contributed by atoms with Gasteiger partial charge in [-0.05, 0) is 35.7 Å². The number of benzene rings is 2. The normalized spacial score (nSPS) is 15.8. The maximum atomic E-state index is 11.3. The van der Waals surface area contributed by atoms with Gasteiger partial charge in [-0.2, -0.15) is 0 Å². The number of para-hydroxylation sites is 1. The first kappa shape index (κ1) is 21.9. The highest BCUT2D eigenvalue weighted by Crippen LogP contribution is 2.33. The van der Waals surface area contributed by atoms with E-state index in [0.29, 0.717) is 6.42 Å². The first-order valence-corrected chi connectivity index (χ1v) is 8.94. The van der Waals surface area contributed by atoms with Crippen LogP contribution in [0.5, 0.6) is 5.75 Å². The molecule has 2 atom stereocenters. The van der Waals surface area contributed by atoms with Crippen LogP contribution in [-0.4, -0.2) is 34.0 Å². The molecule has 1 unspecified atom stereocenters. The number of phenols is 1. The molecule has 0 aliphatic carbocycles. The van der Waals surface area contributed by atoms with Crippen molar-refractivity contribution >= 4 is 23.5 Å². The lowest BCUT2D eigenvalue weighted by Crippen LogP contribution is -2.45. The number of anilines is 1. The highest BCUT2D eigenvalue weighted by atomic mass is 16.4. The summed E-state index contributed by atoms with van der Waals surface area (Å²) in [7, 11) is 0. The van der Waals surface area contributed by atoms with E-state index in [1.807, 2.05) is 23.6 Å². The van der Waals surface area contributed by atoms with Crippen LogP contribution in [0, 0.1) is 0 Å². The van der Waals surface area contributed by atoms with Crippen LogP contribution in [0.3, 0.4) is 0 Å². The predicted octanol–water partition coefficient (Wildman–Crippen LogP) is 0.839. The molecule has 2 aromatic carbocycles. The number of aliphatic carboxylic acids is 1. The number of amides is 2. The van der Waals surface area contributed by atoms with Crippen LogP contribution >= 0.6 is 0 Å². The van der Waals surface area contributed by atoms with E-state index in [1.54, 1.807) is 30.3 Å². The second kappa shape index (κ2) is 10.2. The Bertz CT molecular complexity index is 869. The molecular weight excluding hydrogens is 376 g/mol. The number of carboxylic acids is 1. The number of carboxylic acid groups (broad SMARTS) is 1. The molecule has 9 nitrogen and oxygen atoms in total. The largest absolute Gasteiger partial charge is 0.508 e. The maximum absolute atomic E-state index is 11.3. The van der Waals surface area contributed by atoms with E-state index in [1.165, 1.54) is 0 Å². The third kappa shape index (κ3) is 6.59. The fourth-order valence-corrected chi connectivity index (χ4v) is 2.98. The average Bonchev–Trinajstić information content (AvgIpc) is 2.69. The van der Waals surface area contributed by atoms with Crippen molar-refractivity contribution < 1.29 is 24.6 Å². The third-order valence-electron chi connectivity index (χ3n) is 4.40. The fraction of sp³-hybridized carbons (Fsp3) is 0.250. The molecule has 1 heterocycles. The molecule has 0 bridgehead atoms. The van der Waals surface area contributed by atoms with Gasteiger partial charge in [-0.15, -0.1) is 0 Å². The highest BCUT2D eigenvalue weighted by molar-refractivity contribution is 5.95. The molecule has 2 aromatic rings. The first-order chi connectivity index (χ1) is 13.8. The van der Waals surface area contributed by atoms with E-state index < -0.39 is 17.9 Å². The van der Waals surface area contributed by atoms with E-state index in [-0.39, 0.29) is 30.4 Å². The molecule has 9 heteroatoms. The van der Waals surface area contributed by atoms with Gasteiger partial charge in [-0.3, -0.25) is 19.8 Å². The lowest BCUT2D eigenvalue weighted by Gasteiger charge is -2.24. The molecule has 0 radical (unpaired) electrons. The second-order valence-corrected chi connectivity index (χ2v) is 6.62. The maximum Gasteiger partial charge on any atom is 0.303 e. The number of rotatable bonds is 5. The van der Waals surface area contributed by atoms with Crippen LogP contribution in [0.4, 0.5) is 5.69 Å². The van der Waals surface area contributed by atoms with Crippen LogP contribution < -0.4 is 22.3 Å². The van der Waals surface area contributed by atoms with Crippen molar-refractivity contribution in [1.82, 2.24) is 5.43 Å². The van der Waals surface area contributed by atoms with Crippen molar-refractivity contribution in [2.24, 2.45) is 11.6 Å². The molecule has 3 rings (SSSR count). The number of hydrogen-bond acceptors (Lipinski definition) is 6. The number of hydrogen-bond donors (Lipinski definition) is 6. The number of aromatic hydroxyl groups is 1. The lowest BCUT2D eigenvalue weighted by atomic mass is 9.88. The fourth-order valence-electron chi connectivity index (χ4n) is 2.98. The molecule has 0 saturated heterocycles. The molecule has 1 aliphatic rings. The Kier molecular flexibility index (Phi) is 7.70. The SMILES string of the molecule is NNC(=O)[C@@H](N)Cc1ccc(O)cc1.O=C(O)CC1CC(=O)Nc2ccccc21. The van der Waals surface area contributed by atoms with Crippen LogP contribution in [0.1, 0.15) is 29.9 Å². The number of carbonyl (C=O) groups is 3. The monoisotopic (exact) mass is 400 g/mol. The Morgan fingerprint density at radius 3 is 2.45 bits per heavy atom. The second-order valence-electron chi connectivity index (χ2n) is 6.62. The smallest absolute Gasteiger partial charge is 0.303 e. The van der Waals surface area contributed by atoms with Crippen LogP contribution in [0.2, 0.25) is 0 Å². The van der Waals surface area contributed by atoms with E-state index in [4.69, 9.17) is 21.8 Å². The van der Waals surface area contributed by atoms with E-state index in [2.05, 4.69) is 5.32 Å². The van der Waals surface area contributed by atoms with Gasteiger partial charge in [-0.1, -0.05) is 30.3 Å².